The van der Waals surface area contributed by atoms with E-state index >= 15 is 0 Å². The second kappa shape index (κ2) is 9.38. The van der Waals surface area contributed by atoms with Gasteiger partial charge in [0.25, 0.3) is 5.88 Å². The van der Waals surface area contributed by atoms with Crippen molar-refractivity contribution < 1.29 is 4.74 Å². The minimum atomic E-state index is 0.370. The number of hydrogen-bond acceptors (Lipinski definition) is 7. The number of anilines is 1. The second-order valence-corrected chi connectivity index (χ2v) is 7.62. The number of aryl methyl sites for hydroxylation is 1. The first-order chi connectivity index (χ1) is 16.7. The fourth-order valence-electron chi connectivity index (χ4n) is 3.66. The Morgan fingerprint density at radius 3 is 2.82 bits per heavy atom. The molecular weight excluding hydrogens is 426 g/mol. The molecule has 0 radical (unpaired) electrons. The van der Waals surface area contributed by atoms with Gasteiger partial charge in [-0.05, 0) is 65.6 Å². The normalized spacial score (nSPS) is 13.1. The molecule has 8 nitrogen and oxygen atoms in total. The van der Waals surface area contributed by atoms with Gasteiger partial charge in [-0.15, -0.1) is 0 Å². The maximum Gasteiger partial charge on any atom is 0.250 e. The van der Waals surface area contributed by atoms with E-state index in [9.17, 15) is 0 Å². The lowest BCUT2D eigenvalue weighted by molar-refractivity contribution is 0.462. The van der Waals surface area contributed by atoms with Gasteiger partial charge < -0.3 is 15.0 Å². The largest absolute Gasteiger partial charge is 0.437 e. The monoisotopic (exact) mass is 447 g/mol. The van der Waals surface area contributed by atoms with Gasteiger partial charge in [-0.2, -0.15) is 15.2 Å². The molecule has 4 aromatic rings. The Labute approximate surface area is 196 Å². The summed E-state index contributed by atoms with van der Waals surface area (Å²) in [6, 6.07) is 12.2. The molecule has 2 N–H and O–H groups in total. The molecule has 0 spiro atoms. The summed E-state index contributed by atoms with van der Waals surface area (Å²) in [7, 11) is 0. The van der Waals surface area contributed by atoms with Gasteiger partial charge in [-0.25, -0.2) is 4.98 Å². The molecule has 3 heterocycles. The van der Waals surface area contributed by atoms with E-state index in [-0.39, 0.29) is 0 Å². The molecule has 0 amide bonds. The van der Waals surface area contributed by atoms with Gasteiger partial charge in [-0.1, -0.05) is 19.1 Å². The van der Waals surface area contributed by atoms with Crippen molar-refractivity contribution >= 4 is 17.1 Å². The number of nitrogens with zero attached hydrogens (tertiary/aromatic N) is 5. The number of H-pyrrole nitrogens is 1. The fraction of sp³-hybridized carbons (Fsp3) is 0.115. The molecule has 0 bridgehead atoms. The van der Waals surface area contributed by atoms with Gasteiger partial charge in [0.2, 0.25) is 5.95 Å². The molecule has 0 aliphatic heterocycles. The number of fused-ring (bicyclic) bond motifs is 1. The topological polar surface area (TPSA) is 112 Å². The highest BCUT2D eigenvalue weighted by Gasteiger charge is 2.15. The number of allylic oxidation sites excluding steroid dienone is 5. The van der Waals surface area contributed by atoms with Gasteiger partial charge in [0.1, 0.15) is 11.3 Å². The smallest absolute Gasteiger partial charge is 0.250 e. The van der Waals surface area contributed by atoms with Gasteiger partial charge in [0.05, 0.1) is 18.0 Å². The number of pyridine rings is 1. The van der Waals surface area contributed by atoms with Crippen molar-refractivity contribution in [3.05, 3.63) is 90.2 Å². The van der Waals surface area contributed by atoms with E-state index in [1.165, 1.54) is 0 Å². The van der Waals surface area contributed by atoms with Crippen LogP contribution in [0.3, 0.4) is 0 Å². The molecule has 3 aromatic heterocycles. The molecule has 8 heteroatoms. The molecule has 0 saturated carbocycles. The highest BCUT2D eigenvalue weighted by Crippen LogP contribution is 2.32. The molecule has 1 aliphatic rings. The van der Waals surface area contributed by atoms with Crippen LogP contribution in [0.1, 0.15) is 18.9 Å². The molecule has 0 atom stereocenters. The number of rotatable bonds is 6. The summed E-state index contributed by atoms with van der Waals surface area (Å²) in [6.07, 6.45) is 13.9. The molecule has 166 valence electrons. The van der Waals surface area contributed by atoms with Crippen LogP contribution in [0, 0.1) is 11.3 Å². The van der Waals surface area contributed by atoms with E-state index in [1.807, 2.05) is 36.4 Å². The van der Waals surface area contributed by atoms with Crippen LogP contribution in [0.4, 0.5) is 5.95 Å². The first-order valence-electron chi connectivity index (χ1n) is 10.9. The van der Waals surface area contributed by atoms with Crippen molar-refractivity contribution in [3.63, 3.8) is 0 Å². The summed E-state index contributed by atoms with van der Waals surface area (Å²) >= 11 is 0. The number of aromatic nitrogens is 5. The van der Waals surface area contributed by atoms with E-state index in [0.29, 0.717) is 35.0 Å². The number of imidazole rings is 1. The highest BCUT2D eigenvalue weighted by molar-refractivity contribution is 5.78. The average Bonchev–Trinajstić information content (AvgIpc) is 3.24. The van der Waals surface area contributed by atoms with Crippen molar-refractivity contribution in [1.29, 1.82) is 5.26 Å². The zero-order chi connectivity index (χ0) is 23.3. The van der Waals surface area contributed by atoms with Crippen LogP contribution in [0.25, 0.3) is 22.3 Å². The number of ether oxygens (including phenoxy) is 1. The standard InChI is InChI=1S/C26H21N7O/c1-2-18-14-20(19-10-12-28-13-11-19)7-9-22(18)34-25-23-24(30-16-29-23)32-26(33-25)31-21-5-3-4-17(15-27)6-8-21/h3-4,6-14,16H,2,5H2,1H3,(H2,29,30,31,32,33). The van der Waals surface area contributed by atoms with Crippen LogP contribution in [-0.2, 0) is 6.42 Å². The molecule has 0 saturated heterocycles. The molecule has 0 fully saturated rings. The van der Waals surface area contributed by atoms with Crippen LogP contribution >= 0.6 is 0 Å². The number of nitrogens with one attached hydrogen (secondary N) is 2. The van der Waals surface area contributed by atoms with Crippen LogP contribution in [0.15, 0.2) is 84.6 Å². The zero-order valence-electron chi connectivity index (χ0n) is 18.5. The summed E-state index contributed by atoms with van der Waals surface area (Å²) in [4.78, 5) is 20.6. The first kappa shape index (κ1) is 21.1. The third kappa shape index (κ3) is 4.40. The van der Waals surface area contributed by atoms with E-state index in [1.54, 1.807) is 30.9 Å². The summed E-state index contributed by atoms with van der Waals surface area (Å²) in [6.45, 7) is 2.09. The summed E-state index contributed by atoms with van der Waals surface area (Å²) in [5, 5.41) is 12.3. The number of aromatic amines is 1. The van der Waals surface area contributed by atoms with Crippen molar-refractivity contribution in [2.45, 2.75) is 19.8 Å². The third-order valence-corrected chi connectivity index (χ3v) is 5.41. The Morgan fingerprint density at radius 2 is 2.00 bits per heavy atom. The van der Waals surface area contributed by atoms with E-state index in [4.69, 9.17) is 10.00 Å². The van der Waals surface area contributed by atoms with Gasteiger partial charge in [0, 0.05) is 24.5 Å². The Bertz CT molecular complexity index is 1480. The van der Waals surface area contributed by atoms with Gasteiger partial charge in [-0.3, -0.25) is 4.98 Å². The van der Waals surface area contributed by atoms with Crippen molar-refractivity contribution in [2.24, 2.45) is 0 Å². The van der Waals surface area contributed by atoms with Crippen LogP contribution in [0.2, 0.25) is 0 Å². The Balaban J connectivity index is 1.47. The molecule has 5 rings (SSSR count). The van der Waals surface area contributed by atoms with E-state index in [2.05, 4.69) is 49.3 Å². The predicted molar refractivity (Wildman–Crippen MR) is 130 cm³/mol. The van der Waals surface area contributed by atoms with Gasteiger partial charge in [0.15, 0.2) is 5.65 Å². The lowest BCUT2D eigenvalue weighted by atomic mass is 10.0. The van der Waals surface area contributed by atoms with Gasteiger partial charge >= 0.3 is 0 Å². The molecule has 0 unspecified atom stereocenters. The maximum absolute atomic E-state index is 9.11. The first-order valence-corrected chi connectivity index (χ1v) is 10.9. The Hall–Kier alpha value is -4.77. The number of hydrogen-bond donors (Lipinski definition) is 2. The van der Waals surface area contributed by atoms with Crippen molar-refractivity contribution in [2.75, 3.05) is 5.32 Å². The maximum atomic E-state index is 9.11. The summed E-state index contributed by atoms with van der Waals surface area (Å²) < 4.78 is 6.29. The SMILES string of the molecule is CCc1cc(-c2ccncc2)ccc1Oc1nc(NC2=CC=C(C#N)C=CC2)nc2nc[nH]c12. The number of benzene rings is 1. The van der Waals surface area contributed by atoms with Crippen molar-refractivity contribution in [3.8, 4) is 28.8 Å². The van der Waals surface area contributed by atoms with Crippen molar-refractivity contribution in [1.82, 2.24) is 24.9 Å². The molecule has 1 aliphatic carbocycles. The van der Waals surface area contributed by atoms with Crippen LogP contribution in [0.5, 0.6) is 11.6 Å². The van der Waals surface area contributed by atoms with E-state index in [0.717, 1.165) is 34.6 Å². The molecule has 34 heavy (non-hydrogen) atoms. The Morgan fingerprint density at radius 1 is 1.12 bits per heavy atom. The zero-order valence-corrected chi connectivity index (χ0v) is 18.5. The second-order valence-electron chi connectivity index (χ2n) is 7.62. The predicted octanol–water partition coefficient (Wildman–Crippen LogP) is 5.48. The minimum absolute atomic E-state index is 0.370. The quantitative estimate of drug-likeness (QED) is 0.403. The average molecular weight is 448 g/mol. The highest BCUT2D eigenvalue weighted by atomic mass is 16.5. The summed E-state index contributed by atoms with van der Waals surface area (Å²) in [5.41, 5.74) is 5.82. The molecule has 1 aromatic carbocycles. The molecular formula is C26H21N7O. The third-order valence-electron chi connectivity index (χ3n) is 5.41. The van der Waals surface area contributed by atoms with E-state index < -0.39 is 0 Å². The van der Waals surface area contributed by atoms with Crippen LogP contribution < -0.4 is 10.1 Å². The van der Waals surface area contributed by atoms with Crippen LogP contribution in [-0.4, -0.2) is 24.9 Å². The lowest BCUT2D eigenvalue weighted by Gasteiger charge is -2.13. The Kier molecular flexibility index (Phi) is 5.82. The minimum Gasteiger partial charge on any atom is -0.437 e. The lowest BCUT2D eigenvalue weighted by Crippen LogP contribution is -2.05. The summed E-state index contributed by atoms with van der Waals surface area (Å²) in [5.74, 6) is 1.47. The fourth-order valence-corrected chi connectivity index (χ4v) is 3.66. The number of nitriles is 1.